The highest BCUT2D eigenvalue weighted by Crippen LogP contribution is 2.47. The van der Waals surface area contributed by atoms with Crippen molar-refractivity contribution in [2.45, 2.75) is 52.0 Å². The number of amides is 1. The second-order valence-electron chi connectivity index (χ2n) is 10.7. The van der Waals surface area contributed by atoms with Crippen molar-refractivity contribution in [3.8, 4) is 17.2 Å². The van der Waals surface area contributed by atoms with E-state index in [1.807, 2.05) is 62.1 Å². The number of ether oxygens (including phenoxy) is 3. The van der Waals surface area contributed by atoms with Gasteiger partial charge in [-0.1, -0.05) is 39.0 Å². The number of anilines is 1. The molecule has 2 aliphatic rings. The summed E-state index contributed by atoms with van der Waals surface area (Å²) >= 11 is 0. The summed E-state index contributed by atoms with van der Waals surface area (Å²) in [5, 5.41) is 13.6. The highest BCUT2D eigenvalue weighted by atomic mass is 19.1. The van der Waals surface area contributed by atoms with E-state index >= 15 is 0 Å². The Morgan fingerprint density at radius 3 is 2.29 bits per heavy atom. The van der Waals surface area contributed by atoms with E-state index in [0.717, 1.165) is 28.7 Å². The molecule has 0 radical (unpaired) electrons. The second kappa shape index (κ2) is 12.8. The van der Waals surface area contributed by atoms with Gasteiger partial charge >= 0.3 is 5.97 Å². The van der Waals surface area contributed by atoms with E-state index in [4.69, 9.17) is 14.2 Å². The lowest BCUT2D eigenvalue weighted by Gasteiger charge is -2.27. The molecule has 2 N–H and O–H groups in total. The lowest BCUT2D eigenvalue weighted by Crippen LogP contribution is -2.35. The zero-order valence-electron chi connectivity index (χ0n) is 24.2. The number of carboxylic acid groups (broad SMARTS) is 1. The van der Waals surface area contributed by atoms with Gasteiger partial charge in [0.15, 0.2) is 11.5 Å². The first-order chi connectivity index (χ1) is 20.3. The van der Waals surface area contributed by atoms with Crippen LogP contribution in [0.5, 0.6) is 17.2 Å². The van der Waals surface area contributed by atoms with E-state index in [0.29, 0.717) is 48.9 Å². The van der Waals surface area contributed by atoms with Crippen molar-refractivity contribution < 1.29 is 33.3 Å². The van der Waals surface area contributed by atoms with Crippen molar-refractivity contribution in [3.05, 3.63) is 82.7 Å². The molecule has 3 aromatic rings. The standard InChI is InChI=1S/C33H37FN2O6/c1-4-13-40-25-10-7-22(8-11-25)32-30(33(38)39)26(23-9-12-27-28(16-23)42-19-41-27)17-36(32)18-29(37)35-31-20(5-2)14-24(34)15-21(31)6-3/h7-12,14-16,26,30,32H,4-6,13,17-19H2,1-3H3,(H,35,37)(H,38,39)/t26-,30?,32+/m1/s1. The van der Waals surface area contributed by atoms with Gasteiger partial charge in [-0.3, -0.25) is 14.5 Å². The van der Waals surface area contributed by atoms with Crippen molar-refractivity contribution in [1.29, 1.82) is 0 Å². The summed E-state index contributed by atoms with van der Waals surface area (Å²) < 4.78 is 31.0. The van der Waals surface area contributed by atoms with Crippen LogP contribution in [-0.4, -0.2) is 48.4 Å². The number of hydrogen-bond acceptors (Lipinski definition) is 6. The monoisotopic (exact) mass is 576 g/mol. The molecule has 0 aliphatic carbocycles. The number of benzene rings is 3. The SMILES string of the molecule is CCCOc1ccc([C@H]2C(C(=O)O)[C@@H](c3ccc4c(c3)OCO4)CN2CC(=O)Nc2c(CC)cc(F)cc2CC)cc1. The minimum absolute atomic E-state index is 0.0345. The first kappa shape index (κ1) is 29.4. The fourth-order valence-corrected chi connectivity index (χ4v) is 6.06. The zero-order chi connectivity index (χ0) is 29.8. The molecule has 0 saturated carbocycles. The number of likely N-dealkylation sites (tertiary alicyclic amines) is 1. The third-order valence-electron chi connectivity index (χ3n) is 8.04. The van der Waals surface area contributed by atoms with Crippen LogP contribution in [0.25, 0.3) is 0 Å². The fourth-order valence-electron chi connectivity index (χ4n) is 6.06. The molecule has 42 heavy (non-hydrogen) atoms. The Hall–Kier alpha value is -4.11. The van der Waals surface area contributed by atoms with E-state index < -0.39 is 23.8 Å². The molecule has 0 spiro atoms. The van der Waals surface area contributed by atoms with E-state index in [2.05, 4.69) is 5.32 Å². The van der Waals surface area contributed by atoms with Gasteiger partial charge in [0.05, 0.1) is 19.1 Å². The molecular weight excluding hydrogens is 539 g/mol. The largest absolute Gasteiger partial charge is 0.494 e. The van der Waals surface area contributed by atoms with Crippen LogP contribution in [0.3, 0.4) is 0 Å². The van der Waals surface area contributed by atoms with Gasteiger partial charge in [-0.2, -0.15) is 0 Å². The van der Waals surface area contributed by atoms with Gasteiger partial charge in [-0.25, -0.2) is 4.39 Å². The third kappa shape index (κ3) is 6.06. The number of rotatable bonds is 11. The number of fused-ring (bicyclic) bond motifs is 1. The van der Waals surface area contributed by atoms with Crippen molar-refractivity contribution >= 4 is 17.6 Å². The Labute approximate surface area is 245 Å². The molecule has 2 aliphatic heterocycles. The quantitative estimate of drug-likeness (QED) is 0.291. The van der Waals surface area contributed by atoms with Crippen molar-refractivity contribution in [3.63, 3.8) is 0 Å². The average Bonchev–Trinajstić information content (AvgIpc) is 3.61. The summed E-state index contributed by atoms with van der Waals surface area (Å²) in [6.07, 6.45) is 2.00. The maximum absolute atomic E-state index is 14.2. The molecular formula is C33H37FN2O6. The topological polar surface area (TPSA) is 97.3 Å². The second-order valence-corrected chi connectivity index (χ2v) is 10.7. The fraction of sp³-hybridized carbons (Fsp3) is 0.394. The summed E-state index contributed by atoms with van der Waals surface area (Å²) in [5.74, 6) is -0.889. The lowest BCUT2D eigenvalue weighted by atomic mass is 9.82. The number of carboxylic acids is 1. The first-order valence-electron chi connectivity index (χ1n) is 14.5. The first-order valence-corrected chi connectivity index (χ1v) is 14.5. The third-order valence-corrected chi connectivity index (χ3v) is 8.04. The molecule has 0 aromatic heterocycles. The Morgan fingerprint density at radius 1 is 0.976 bits per heavy atom. The predicted molar refractivity (Wildman–Crippen MR) is 157 cm³/mol. The maximum atomic E-state index is 14.2. The van der Waals surface area contributed by atoms with Gasteiger partial charge in [0.2, 0.25) is 12.7 Å². The Balaban J connectivity index is 1.48. The summed E-state index contributed by atoms with van der Waals surface area (Å²) in [6, 6.07) is 15.3. The Kier molecular flexibility index (Phi) is 8.97. The summed E-state index contributed by atoms with van der Waals surface area (Å²) in [5.41, 5.74) is 3.67. The number of nitrogens with zero attached hydrogens (tertiary/aromatic N) is 1. The molecule has 1 amide bonds. The summed E-state index contributed by atoms with van der Waals surface area (Å²) in [6.45, 7) is 6.88. The lowest BCUT2D eigenvalue weighted by molar-refractivity contribution is -0.143. The van der Waals surface area contributed by atoms with Crippen LogP contribution in [0.15, 0.2) is 54.6 Å². The maximum Gasteiger partial charge on any atom is 0.309 e. The normalized spacial score (nSPS) is 19.6. The number of hydrogen-bond donors (Lipinski definition) is 2. The molecule has 3 atom stereocenters. The molecule has 5 rings (SSSR count). The van der Waals surface area contributed by atoms with Gasteiger partial charge < -0.3 is 24.6 Å². The summed E-state index contributed by atoms with van der Waals surface area (Å²) in [4.78, 5) is 28.4. The van der Waals surface area contributed by atoms with Gasteiger partial charge in [-0.05, 0) is 77.9 Å². The van der Waals surface area contributed by atoms with Crippen LogP contribution in [0.1, 0.15) is 61.4 Å². The van der Waals surface area contributed by atoms with Crippen LogP contribution in [0, 0.1) is 11.7 Å². The molecule has 1 unspecified atom stereocenters. The number of carbonyl (C=O) groups is 2. The van der Waals surface area contributed by atoms with Gasteiger partial charge in [0, 0.05) is 24.2 Å². The predicted octanol–water partition coefficient (Wildman–Crippen LogP) is 5.95. The van der Waals surface area contributed by atoms with Gasteiger partial charge in [0.25, 0.3) is 0 Å². The molecule has 2 heterocycles. The minimum atomic E-state index is -0.947. The average molecular weight is 577 g/mol. The van der Waals surface area contributed by atoms with Crippen LogP contribution in [0.2, 0.25) is 0 Å². The highest BCUT2D eigenvalue weighted by Gasteiger charge is 2.48. The van der Waals surface area contributed by atoms with Crippen LogP contribution in [-0.2, 0) is 22.4 Å². The number of carbonyl (C=O) groups excluding carboxylic acids is 1. The van der Waals surface area contributed by atoms with Crippen LogP contribution < -0.4 is 19.5 Å². The minimum Gasteiger partial charge on any atom is -0.494 e. The van der Waals surface area contributed by atoms with Crippen molar-refractivity contribution in [1.82, 2.24) is 4.90 Å². The van der Waals surface area contributed by atoms with Crippen molar-refractivity contribution in [2.24, 2.45) is 5.92 Å². The number of nitrogens with one attached hydrogen (secondary N) is 1. The zero-order valence-corrected chi connectivity index (χ0v) is 24.2. The molecule has 8 nitrogen and oxygen atoms in total. The van der Waals surface area contributed by atoms with E-state index in [9.17, 15) is 19.1 Å². The van der Waals surface area contributed by atoms with Gasteiger partial charge in [0.1, 0.15) is 11.6 Å². The molecule has 1 saturated heterocycles. The Morgan fingerprint density at radius 2 is 1.64 bits per heavy atom. The van der Waals surface area contributed by atoms with E-state index in [1.54, 1.807) is 6.07 Å². The smallest absolute Gasteiger partial charge is 0.309 e. The summed E-state index contributed by atoms with van der Waals surface area (Å²) in [7, 11) is 0. The molecule has 0 bridgehead atoms. The molecule has 3 aromatic carbocycles. The molecule has 9 heteroatoms. The molecule has 1 fully saturated rings. The number of aryl methyl sites for hydroxylation is 2. The van der Waals surface area contributed by atoms with E-state index in [-0.39, 0.29) is 25.1 Å². The van der Waals surface area contributed by atoms with Crippen LogP contribution >= 0.6 is 0 Å². The van der Waals surface area contributed by atoms with Gasteiger partial charge in [-0.15, -0.1) is 0 Å². The Bertz CT molecular complexity index is 1420. The van der Waals surface area contributed by atoms with Crippen LogP contribution in [0.4, 0.5) is 10.1 Å². The highest BCUT2D eigenvalue weighted by molar-refractivity contribution is 5.94. The van der Waals surface area contributed by atoms with E-state index in [1.165, 1.54) is 12.1 Å². The number of halogens is 1. The molecule has 222 valence electrons. The van der Waals surface area contributed by atoms with Crippen molar-refractivity contribution in [2.75, 3.05) is 31.8 Å². The number of aliphatic carboxylic acids is 1.